The first kappa shape index (κ1) is 21.1. The predicted molar refractivity (Wildman–Crippen MR) is 107 cm³/mol. The van der Waals surface area contributed by atoms with Crippen LogP contribution in [0, 0.1) is 13.8 Å². The van der Waals surface area contributed by atoms with Crippen LogP contribution < -0.4 is 11.2 Å². The molecule has 1 fully saturated rings. The maximum Gasteiger partial charge on any atom is 0.424 e. The lowest BCUT2D eigenvalue weighted by Crippen LogP contribution is -2.41. The number of halogens is 1. The summed E-state index contributed by atoms with van der Waals surface area (Å²) in [5.41, 5.74) is 1.12. The van der Waals surface area contributed by atoms with Crippen LogP contribution in [0.1, 0.15) is 11.1 Å². The lowest BCUT2D eigenvalue weighted by Gasteiger charge is -2.25. The van der Waals surface area contributed by atoms with E-state index in [-0.39, 0.29) is 24.7 Å². The van der Waals surface area contributed by atoms with Crippen LogP contribution >= 0.6 is 18.2 Å². The molecule has 0 aliphatic carbocycles. The number of H-pyrrole nitrogens is 1. The monoisotopic (exact) mass is 456 g/mol. The van der Waals surface area contributed by atoms with E-state index in [1.54, 1.807) is 12.1 Å². The van der Waals surface area contributed by atoms with Gasteiger partial charge in [0.1, 0.15) is 18.3 Å². The van der Waals surface area contributed by atoms with Crippen LogP contribution in [0.25, 0.3) is 22.6 Å². The molecule has 0 bridgehead atoms. The van der Waals surface area contributed by atoms with Crippen LogP contribution in [0.15, 0.2) is 21.7 Å². The molecule has 11 nitrogen and oxygen atoms in total. The highest BCUT2D eigenvalue weighted by Gasteiger charge is 2.41. The van der Waals surface area contributed by atoms with E-state index in [0.717, 1.165) is 11.1 Å². The summed E-state index contributed by atoms with van der Waals surface area (Å²) in [7, 11) is 0. The van der Waals surface area contributed by atoms with Gasteiger partial charge >= 0.3 is 12.6 Å². The third-order valence-electron chi connectivity index (χ3n) is 5.02. The highest BCUT2D eigenvalue weighted by atomic mass is 35.7. The Morgan fingerprint density at radius 2 is 2.00 bits per heavy atom. The number of benzene rings is 1. The molecule has 13 heteroatoms. The maximum atomic E-state index is 12.3. The van der Waals surface area contributed by atoms with Gasteiger partial charge in [0.25, 0.3) is 5.56 Å². The van der Waals surface area contributed by atoms with E-state index >= 15 is 0 Å². The van der Waals surface area contributed by atoms with E-state index in [1.807, 2.05) is 13.8 Å². The normalized spacial score (nSPS) is 23.8. The lowest BCUT2D eigenvalue weighted by atomic mass is 10.1. The van der Waals surface area contributed by atoms with Gasteiger partial charge in [-0.15, -0.1) is 0 Å². The number of aromatic amines is 1. The van der Waals surface area contributed by atoms with Gasteiger partial charge in [-0.3, -0.25) is 18.8 Å². The summed E-state index contributed by atoms with van der Waals surface area (Å²) in [4.78, 5) is 34.3. The molecule has 160 valence electrons. The quantitative estimate of drug-likeness (QED) is 0.379. The predicted octanol–water partition coefficient (Wildman–Crippen LogP) is 0.686. The molecular weight excluding hydrogens is 439 g/mol. The zero-order valence-electron chi connectivity index (χ0n) is 15.9. The van der Waals surface area contributed by atoms with Crippen LogP contribution in [0.5, 0.6) is 0 Å². The van der Waals surface area contributed by atoms with E-state index in [2.05, 4.69) is 15.0 Å². The van der Waals surface area contributed by atoms with Crippen molar-refractivity contribution in [2.24, 2.45) is 0 Å². The molecule has 4 rings (SSSR count). The first-order valence-electron chi connectivity index (χ1n) is 8.96. The summed E-state index contributed by atoms with van der Waals surface area (Å²) < 4.78 is 22.8. The van der Waals surface area contributed by atoms with Crippen molar-refractivity contribution in [2.75, 3.05) is 6.61 Å². The number of aliphatic hydroxyl groups excluding tert-OH is 2. The van der Waals surface area contributed by atoms with Gasteiger partial charge in [-0.2, -0.15) is 4.98 Å². The molecular formula is C17H18ClN4O7P. The zero-order chi connectivity index (χ0) is 21.8. The fraction of sp³-hybridized carbons (Fsp3) is 0.412. The average Bonchev–Trinajstić information content (AvgIpc) is 3.03. The number of hydrogen-bond donors (Lipinski definition) is 3. The van der Waals surface area contributed by atoms with Crippen LogP contribution in [0.4, 0.5) is 0 Å². The van der Waals surface area contributed by atoms with E-state index in [9.17, 15) is 24.4 Å². The van der Waals surface area contributed by atoms with Gasteiger partial charge in [-0.05, 0) is 37.1 Å². The van der Waals surface area contributed by atoms with Gasteiger partial charge in [0, 0.05) is 11.2 Å². The van der Waals surface area contributed by atoms with E-state index < -0.39 is 36.5 Å². The molecule has 4 atom stereocenters. The molecule has 1 aromatic carbocycles. The smallest absolute Gasteiger partial charge is 0.388 e. The Bertz CT molecular complexity index is 1280. The van der Waals surface area contributed by atoms with Crippen molar-refractivity contribution in [3.05, 3.63) is 44.1 Å². The van der Waals surface area contributed by atoms with Crippen molar-refractivity contribution in [1.82, 2.24) is 19.5 Å². The minimum atomic E-state index is -3.79. The van der Waals surface area contributed by atoms with Crippen LogP contribution in [-0.4, -0.2) is 54.7 Å². The number of nitrogens with zero attached hydrogens (tertiary/aromatic N) is 3. The third-order valence-corrected chi connectivity index (χ3v) is 6.54. The molecule has 4 unspecified atom stereocenters. The van der Waals surface area contributed by atoms with Crippen molar-refractivity contribution >= 4 is 29.2 Å². The Kier molecular flexibility index (Phi) is 5.29. The number of rotatable bonds is 4. The minimum Gasteiger partial charge on any atom is -0.388 e. The average molecular weight is 457 g/mol. The summed E-state index contributed by atoms with van der Waals surface area (Å²) in [5, 5.41) is 21.1. The molecule has 3 N–H and O–H groups in total. The summed E-state index contributed by atoms with van der Waals surface area (Å²) in [6.45, 7) is -0.558. The van der Waals surface area contributed by atoms with Crippen molar-refractivity contribution in [2.45, 2.75) is 38.7 Å². The van der Waals surface area contributed by atoms with Crippen LogP contribution in [0.2, 0.25) is 0 Å². The van der Waals surface area contributed by atoms with Crippen molar-refractivity contribution < 1.29 is 23.8 Å². The lowest BCUT2D eigenvalue weighted by molar-refractivity contribution is -0.0476. The van der Waals surface area contributed by atoms with Crippen LogP contribution in [-0.2, 0) is 20.2 Å². The number of aryl methyl sites for hydroxylation is 2. The summed E-state index contributed by atoms with van der Waals surface area (Å²) in [6.07, 6.45) is -4.07. The van der Waals surface area contributed by atoms with Gasteiger partial charge in [0.15, 0.2) is 11.5 Å². The van der Waals surface area contributed by atoms with Crippen molar-refractivity contribution in [1.29, 1.82) is 0 Å². The standard InChI is InChI=1S/C17H18ClN4O7P/c1-7-3-9-10(4-8(7)2)22(15-13(19-9)16(25)21-17(26)20-15)5-11(23)14(24)12-6-28-30(18,27)29-12/h3-4,11-12,14,23-24H,5-6H2,1-2H3,(H,21,25,26). The zero-order valence-corrected chi connectivity index (χ0v) is 17.6. The maximum absolute atomic E-state index is 12.3. The van der Waals surface area contributed by atoms with Crippen molar-refractivity contribution in [3.63, 3.8) is 0 Å². The van der Waals surface area contributed by atoms with E-state index in [0.29, 0.717) is 11.0 Å². The second-order valence-corrected chi connectivity index (χ2v) is 9.69. The largest absolute Gasteiger partial charge is 0.424 e. The van der Waals surface area contributed by atoms with Crippen molar-refractivity contribution in [3.8, 4) is 11.5 Å². The highest BCUT2D eigenvalue weighted by molar-refractivity contribution is 7.81. The second-order valence-electron chi connectivity index (χ2n) is 7.12. The van der Waals surface area contributed by atoms with Gasteiger partial charge in [-0.25, -0.2) is 14.3 Å². The number of aliphatic hydroxyl groups is 2. The molecule has 0 saturated carbocycles. The highest BCUT2D eigenvalue weighted by Crippen LogP contribution is 2.59. The first-order valence-corrected chi connectivity index (χ1v) is 11.4. The molecule has 0 spiro atoms. The Balaban J connectivity index is 1.83. The van der Waals surface area contributed by atoms with E-state index in [1.165, 1.54) is 4.57 Å². The molecule has 3 heterocycles. The minimum absolute atomic E-state index is 0.0441. The third kappa shape index (κ3) is 3.80. The summed E-state index contributed by atoms with van der Waals surface area (Å²) in [6, 6.07) is 3.55. The molecule has 0 amide bonds. The fourth-order valence-electron chi connectivity index (χ4n) is 3.32. The number of hydrogen-bond acceptors (Lipinski definition) is 9. The summed E-state index contributed by atoms with van der Waals surface area (Å²) in [5.74, 6) is -0.0441. The molecule has 30 heavy (non-hydrogen) atoms. The van der Waals surface area contributed by atoms with Crippen LogP contribution in [0.3, 0.4) is 0 Å². The number of aromatic nitrogens is 4. The SMILES string of the molecule is Cc1cc2nc3c(=O)[nH]c(=O)nc-3n(CC(O)C(O)C3COP(=O)(Cl)O3)c2cc1C. The summed E-state index contributed by atoms with van der Waals surface area (Å²) >= 11 is 5.52. The van der Waals surface area contributed by atoms with Gasteiger partial charge in [0.05, 0.1) is 24.2 Å². The Morgan fingerprint density at radius 3 is 2.67 bits per heavy atom. The Hall–Kier alpha value is -2.14. The van der Waals surface area contributed by atoms with E-state index in [4.69, 9.17) is 20.3 Å². The fourth-order valence-corrected chi connectivity index (χ4v) is 4.69. The molecule has 0 radical (unpaired) electrons. The topological polar surface area (TPSA) is 157 Å². The molecule has 1 saturated heterocycles. The van der Waals surface area contributed by atoms with Gasteiger partial charge in [0.2, 0.25) is 0 Å². The molecule has 3 aliphatic rings. The molecule has 1 aromatic rings. The van der Waals surface area contributed by atoms with Gasteiger partial charge in [-0.1, -0.05) is 0 Å². The Labute approximate surface area is 173 Å². The van der Waals surface area contributed by atoms with Gasteiger partial charge < -0.3 is 14.8 Å². The molecule has 3 aliphatic heterocycles. The number of nitrogens with one attached hydrogen (secondary N) is 1. The second kappa shape index (κ2) is 7.52. The molecule has 0 aromatic heterocycles. The number of fused-ring (bicyclic) bond motifs is 2. The first-order chi connectivity index (χ1) is 14.1. The Morgan fingerprint density at radius 1 is 1.30 bits per heavy atom.